The van der Waals surface area contributed by atoms with Gasteiger partial charge in [0, 0.05) is 12.5 Å². The molecule has 174 valence electrons. The summed E-state index contributed by atoms with van der Waals surface area (Å²) in [6.07, 6.45) is 1.76. The highest BCUT2D eigenvalue weighted by Crippen LogP contribution is 2.44. The predicted molar refractivity (Wildman–Crippen MR) is 125 cm³/mol. The molecule has 4 N–H and O–H groups in total. The minimum absolute atomic E-state index is 0.0675. The first-order valence-electron chi connectivity index (χ1n) is 10.9. The number of benzene rings is 2. The van der Waals surface area contributed by atoms with Crippen molar-refractivity contribution in [3.8, 4) is 11.1 Å². The number of ether oxygens (including phenoxy) is 2. The summed E-state index contributed by atoms with van der Waals surface area (Å²) in [4.78, 5) is 35.5. The zero-order chi connectivity index (χ0) is 23.6. The van der Waals surface area contributed by atoms with E-state index in [1.165, 1.54) is 6.08 Å². The summed E-state index contributed by atoms with van der Waals surface area (Å²) in [5, 5.41) is 5.15. The van der Waals surface area contributed by atoms with Gasteiger partial charge in [0.15, 0.2) is 0 Å². The van der Waals surface area contributed by atoms with Crippen molar-refractivity contribution in [2.45, 2.75) is 31.2 Å². The van der Waals surface area contributed by atoms with Crippen molar-refractivity contribution in [2.24, 2.45) is 5.73 Å². The van der Waals surface area contributed by atoms with Crippen LogP contribution in [0.2, 0.25) is 0 Å². The third-order valence-corrected chi connectivity index (χ3v) is 5.50. The van der Waals surface area contributed by atoms with Crippen LogP contribution in [0.3, 0.4) is 0 Å². The number of carbonyl (C=O) groups is 3. The quantitative estimate of drug-likeness (QED) is 0.357. The summed E-state index contributed by atoms with van der Waals surface area (Å²) >= 11 is 0. The maximum atomic E-state index is 12.4. The Morgan fingerprint density at radius 2 is 1.61 bits per heavy atom. The maximum absolute atomic E-state index is 12.4. The van der Waals surface area contributed by atoms with Crippen LogP contribution in [-0.2, 0) is 14.3 Å². The van der Waals surface area contributed by atoms with Gasteiger partial charge >= 0.3 is 12.2 Å². The first-order valence-corrected chi connectivity index (χ1v) is 10.9. The van der Waals surface area contributed by atoms with E-state index in [1.807, 2.05) is 36.4 Å². The Hall–Kier alpha value is -3.81. The van der Waals surface area contributed by atoms with Crippen molar-refractivity contribution in [1.82, 2.24) is 10.6 Å². The summed E-state index contributed by atoms with van der Waals surface area (Å²) in [6.45, 7) is 4.14. The molecular formula is C25H29N3O5. The Morgan fingerprint density at radius 1 is 0.970 bits per heavy atom. The standard InChI is InChI=1S/C25H29N3O5/c1-2-15-32-24(30)27-14-8-7-13-22(23(26)29)28-25(31)33-16-21-19-11-5-3-9-17(19)18-10-4-6-12-20(18)21/h2-6,9-12,21-22H,1,7-8,13-16H2,(H2,26,29)(H,27,30)(H,28,31)/t22-/m0/s1. The topological polar surface area (TPSA) is 120 Å². The van der Waals surface area contributed by atoms with Gasteiger partial charge in [0.1, 0.15) is 19.3 Å². The highest BCUT2D eigenvalue weighted by atomic mass is 16.6. The second-order valence-electron chi connectivity index (χ2n) is 7.73. The predicted octanol–water partition coefficient (Wildman–Crippen LogP) is 3.46. The molecule has 0 aliphatic heterocycles. The molecule has 8 heteroatoms. The Morgan fingerprint density at radius 3 is 2.21 bits per heavy atom. The fraction of sp³-hybridized carbons (Fsp3) is 0.320. The van der Waals surface area contributed by atoms with E-state index >= 15 is 0 Å². The van der Waals surface area contributed by atoms with E-state index in [0.29, 0.717) is 25.8 Å². The number of fused-ring (bicyclic) bond motifs is 3. The van der Waals surface area contributed by atoms with Crippen molar-refractivity contribution >= 4 is 18.1 Å². The van der Waals surface area contributed by atoms with Gasteiger partial charge in [-0.3, -0.25) is 4.79 Å². The monoisotopic (exact) mass is 451 g/mol. The van der Waals surface area contributed by atoms with Crippen LogP contribution in [0.15, 0.2) is 61.2 Å². The Bertz CT molecular complexity index is 962. The first-order chi connectivity index (χ1) is 16.0. The van der Waals surface area contributed by atoms with E-state index in [2.05, 4.69) is 29.3 Å². The number of hydrogen-bond donors (Lipinski definition) is 3. The minimum atomic E-state index is -0.853. The summed E-state index contributed by atoms with van der Waals surface area (Å²) in [6, 6.07) is 15.3. The highest BCUT2D eigenvalue weighted by molar-refractivity contribution is 5.84. The van der Waals surface area contributed by atoms with E-state index in [9.17, 15) is 14.4 Å². The van der Waals surface area contributed by atoms with Crippen LogP contribution in [0.5, 0.6) is 0 Å². The first kappa shape index (κ1) is 23.8. The molecule has 2 aromatic carbocycles. The number of hydrogen-bond acceptors (Lipinski definition) is 5. The van der Waals surface area contributed by atoms with E-state index in [-0.39, 0.29) is 19.1 Å². The van der Waals surface area contributed by atoms with Gasteiger partial charge in [-0.25, -0.2) is 9.59 Å². The summed E-state index contributed by atoms with van der Waals surface area (Å²) in [7, 11) is 0. The lowest BCUT2D eigenvalue weighted by Crippen LogP contribution is -2.45. The fourth-order valence-corrected chi connectivity index (χ4v) is 3.92. The fourth-order valence-electron chi connectivity index (χ4n) is 3.92. The smallest absolute Gasteiger partial charge is 0.407 e. The average molecular weight is 452 g/mol. The minimum Gasteiger partial charge on any atom is -0.449 e. The molecule has 0 unspecified atom stereocenters. The summed E-state index contributed by atoms with van der Waals surface area (Å²) in [5.41, 5.74) is 9.93. The normalized spacial score (nSPS) is 12.7. The maximum Gasteiger partial charge on any atom is 0.407 e. The largest absolute Gasteiger partial charge is 0.449 e. The molecule has 3 rings (SSSR count). The Labute approximate surface area is 193 Å². The molecule has 0 radical (unpaired) electrons. The van der Waals surface area contributed by atoms with Gasteiger partial charge in [-0.2, -0.15) is 0 Å². The number of nitrogens with two attached hydrogens (primary N) is 1. The van der Waals surface area contributed by atoms with Crippen molar-refractivity contribution in [1.29, 1.82) is 0 Å². The molecule has 0 spiro atoms. The van der Waals surface area contributed by atoms with Crippen molar-refractivity contribution < 1.29 is 23.9 Å². The molecule has 0 heterocycles. The molecule has 0 saturated carbocycles. The molecule has 0 aromatic heterocycles. The number of carbonyl (C=O) groups excluding carboxylic acids is 3. The van der Waals surface area contributed by atoms with Crippen molar-refractivity contribution in [2.75, 3.05) is 19.8 Å². The van der Waals surface area contributed by atoms with E-state index in [4.69, 9.17) is 15.2 Å². The molecule has 1 aliphatic carbocycles. The van der Waals surface area contributed by atoms with Gasteiger partial charge in [0.25, 0.3) is 0 Å². The van der Waals surface area contributed by atoms with E-state index < -0.39 is 24.1 Å². The van der Waals surface area contributed by atoms with Crippen LogP contribution < -0.4 is 16.4 Å². The molecule has 0 saturated heterocycles. The summed E-state index contributed by atoms with van der Waals surface area (Å²) < 4.78 is 10.3. The van der Waals surface area contributed by atoms with Gasteiger partial charge in [-0.15, -0.1) is 0 Å². The number of unbranched alkanes of at least 4 members (excludes halogenated alkanes) is 1. The molecule has 2 aromatic rings. The molecule has 1 atom stereocenters. The Balaban J connectivity index is 1.46. The third-order valence-electron chi connectivity index (χ3n) is 5.50. The van der Waals surface area contributed by atoms with Crippen LogP contribution in [0.1, 0.15) is 36.3 Å². The highest BCUT2D eigenvalue weighted by Gasteiger charge is 2.29. The van der Waals surface area contributed by atoms with Crippen molar-refractivity contribution in [3.63, 3.8) is 0 Å². The molecule has 0 fully saturated rings. The molecule has 1 aliphatic rings. The third kappa shape index (κ3) is 6.35. The number of rotatable bonds is 11. The van der Waals surface area contributed by atoms with Gasteiger partial charge in [0.2, 0.25) is 5.91 Å². The number of nitrogens with one attached hydrogen (secondary N) is 2. The number of alkyl carbamates (subject to hydrolysis) is 2. The lowest BCUT2D eigenvalue weighted by atomic mass is 9.98. The second-order valence-corrected chi connectivity index (χ2v) is 7.73. The molecule has 33 heavy (non-hydrogen) atoms. The van der Waals surface area contributed by atoms with Gasteiger partial charge < -0.3 is 25.8 Å². The van der Waals surface area contributed by atoms with Crippen molar-refractivity contribution in [3.05, 3.63) is 72.3 Å². The van der Waals surface area contributed by atoms with E-state index in [0.717, 1.165) is 22.3 Å². The molecular weight excluding hydrogens is 422 g/mol. The van der Waals surface area contributed by atoms with Crippen LogP contribution >= 0.6 is 0 Å². The summed E-state index contributed by atoms with van der Waals surface area (Å²) in [5.74, 6) is -0.705. The van der Waals surface area contributed by atoms with Gasteiger partial charge in [-0.05, 0) is 41.5 Å². The lowest BCUT2D eigenvalue weighted by Gasteiger charge is -2.18. The Kier molecular flexibility index (Phi) is 8.46. The van der Waals surface area contributed by atoms with Crippen LogP contribution in [0, 0.1) is 0 Å². The molecule has 8 nitrogen and oxygen atoms in total. The lowest BCUT2D eigenvalue weighted by molar-refractivity contribution is -0.120. The van der Waals surface area contributed by atoms with Gasteiger partial charge in [0.05, 0.1) is 0 Å². The zero-order valence-electron chi connectivity index (χ0n) is 18.4. The SMILES string of the molecule is C=CCOC(=O)NCCCC[C@H](NC(=O)OCC1c2ccccc2-c2ccccc21)C(N)=O. The van der Waals surface area contributed by atoms with Gasteiger partial charge in [-0.1, -0.05) is 61.2 Å². The van der Waals surface area contributed by atoms with Crippen LogP contribution in [0.25, 0.3) is 11.1 Å². The van der Waals surface area contributed by atoms with E-state index in [1.54, 1.807) is 0 Å². The molecule has 3 amide bonds. The number of primary amides is 1. The zero-order valence-corrected chi connectivity index (χ0v) is 18.4. The number of amides is 3. The van der Waals surface area contributed by atoms with Crippen LogP contribution in [-0.4, -0.2) is 43.9 Å². The average Bonchev–Trinajstić information content (AvgIpc) is 3.14. The molecule has 0 bridgehead atoms. The van der Waals surface area contributed by atoms with Crippen LogP contribution in [0.4, 0.5) is 9.59 Å². The second kappa shape index (κ2) is 11.7.